The Morgan fingerprint density at radius 1 is 0.403 bits per heavy atom. The van der Waals surface area contributed by atoms with Crippen molar-refractivity contribution >= 4 is 38.1 Å². The van der Waals surface area contributed by atoms with Crippen molar-refractivity contribution in [2.24, 2.45) is 0 Å². The maximum Gasteiger partial charge on any atom is 0.160 e. The van der Waals surface area contributed by atoms with E-state index in [1.807, 2.05) is 24.3 Å². The van der Waals surface area contributed by atoms with E-state index in [4.69, 9.17) is 9.97 Å². The van der Waals surface area contributed by atoms with Crippen molar-refractivity contribution in [1.29, 1.82) is 0 Å². The van der Waals surface area contributed by atoms with Gasteiger partial charge in [-0.25, -0.2) is 9.97 Å². The molecule has 0 saturated carbocycles. The lowest BCUT2D eigenvalue weighted by Gasteiger charge is -2.21. The number of para-hydroxylation sites is 1. The third-order valence-corrected chi connectivity index (χ3v) is 13.5. The largest absolute Gasteiger partial charge is 0.308 e. The highest BCUT2D eigenvalue weighted by Crippen LogP contribution is 2.51. The highest BCUT2D eigenvalue weighted by atomic mass is 14.9. The van der Waals surface area contributed by atoms with E-state index in [-0.39, 0.29) is 10.8 Å². The van der Waals surface area contributed by atoms with Gasteiger partial charge in [-0.15, -0.1) is 0 Å². The van der Waals surface area contributed by atoms with Crippen LogP contribution in [0, 0.1) is 0 Å². The third-order valence-electron chi connectivity index (χ3n) is 13.5. The standard InChI is InChI=1S/C59H45N3/c1-58(2,3)43-25-27-45-47-21-13-20-46-44-26-22-41(33-54(44)62(56(46)47)55(45)34-43)39-19-12-18-38(30-39)40-23-28-50-48(31-40)49-32-42(24-29-51(49)59(50,4)5)53-35-52(36-14-8-6-9-15-36)60-57(61-53)37-16-10-7-11-17-37/h6-35H,1-5H3. The van der Waals surface area contributed by atoms with Crippen LogP contribution in [0.2, 0.25) is 0 Å². The summed E-state index contributed by atoms with van der Waals surface area (Å²) < 4.78 is 2.51. The monoisotopic (exact) mass is 795 g/mol. The van der Waals surface area contributed by atoms with Crippen LogP contribution in [0.25, 0.3) is 105 Å². The first-order valence-corrected chi connectivity index (χ1v) is 21.7. The van der Waals surface area contributed by atoms with Gasteiger partial charge in [-0.3, -0.25) is 0 Å². The minimum absolute atomic E-state index is 0.0607. The molecule has 0 amide bonds. The smallest absolute Gasteiger partial charge is 0.160 e. The van der Waals surface area contributed by atoms with Crippen molar-refractivity contribution < 1.29 is 0 Å². The van der Waals surface area contributed by atoms with Gasteiger partial charge >= 0.3 is 0 Å². The van der Waals surface area contributed by atoms with Gasteiger partial charge in [0.15, 0.2) is 5.82 Å². The number of aromatic nitrogens is 3. The van der Waals surface area contributed by atoms with Crippen molar-refractivity contribution in [3.8, 4) is 67.3 Å². The van der Waals surface area contributed by atoms with Crippen LogP contribution in [0.1, 0.15) is 51.3 Å². The molecule has 0 aliphatic heterocycles. The lowest BCUT2D eigenvalue weighted by Crippen LogP contribution is -2.14. The second kappa shape index (κ2) is 13.3. The molecule has 3 heteroatoms. The molecule has 3 aromatic heterocycles. The highest BCUT2D eigenvalue weighted by Gasteiger charge is 2.36. The Hall–Kier alpha value is -7.36. The van der Waals surface area contributed by atoms with E-state index in [9.17, 15) is 0 Å². The second-order valence-electron chi connectivity index (χ2n) is 18.7. The number of rotatable bonds is 5. The van der Waals surface area contributed by atoms with Gasteiger partial charge in [0, 0.05) is 43.7 Å². The molecule has 3 heterocycles. The molecule has 0 N–H and O–H groups in total. The van der Waals surface area contributed by atoms with Crippen molar-refractivity contribution in [3.05, 3.63) is 199 Å². The summed E-state index contributed by atoms with van der Waals surface area (Å²) in [7, 11) is 0. The number of hydrogen-bond acceptors (Lipinski definition) is 2. The Morgan fingerprint density at radius 3 is 1.56 bits per heavy atom. The van der Waals surface area contributed by atoms with Gasteiger partial charge in [0.25, 0.3) is 0 Å². The summed E-state index contributed by atoms with van der Waals surface area (Å²) in [6.07, 6.45) is 0. The second-order valence-corrected chi connectivity index (χ2v) is 18.7. The fourth-order valence-corrected chi connectivity index (χ4v) is 10.2. The quantitative estimate of drug-likeness (QED) is 0.174. The molecule has 62 heavy (non-hydrogen) atoms. The Labute approximate surface area is 362 Å². The summed E-state index contributed by atoms with van der Waals surface area (Å²) >= 11 is 0. The van der Waals surface area contributed by atoms with E-state index in [1.54, 1.807) is 0 Å². The van der Waals surface area contributed by atoms with E-state index in [1.165, 1.54) is 88.2 Å². The zero-order chi connectivity index (χ0) is 41.9. The van der Waals surface area contributed by atoms with Gasteiger partial charge in [-0.05, 0) is 91.9 Å². The number of fused-ring (bicyclic) bond motifs is 9. The van der Waals surface area contributed by atoms with Crippen LogP contribution in [-0.2, 0) is 10.8 Å². The predicted octanol–water partition coefficient (Wildman–Crippen LogP) is 15.6. The summed E-state index contributed by atoms with van der Waals surface area (Å²) in [4.78, 5) is 10.2. The van der Waals surface area contributed by atoms with Gasteiger partial charge in [-0.2, -0.15) is 0 Å². The van der Waals surface area contributed by atoms with Crippen LogP contribution < -0.4 is 0 Å². The minimum atomic E-state index is -0.136. The van der Waals surface area contributed by atoms with Gasteiger partial charge < -0.3 is 4.40 Å². The van der Waals surface area contributed by atoms with E-state index in [0.29, 0.717) is 0 Å². The van der Waals surface area contributed by atoms with Crippen molar-refractivity contribution in [2.75, 3.05) is 0 Å². The lowest BCUT2D eigenvalue weighted by atomic mass is 9.82. The Morgan fingerprint density at radius 2 is 0.903 bits per heavy atom. The van der Waals surface area contributed by atoms with Gasteiger partial charge in [0.05, 0.1) is 27.9 Å². The van der Waals surface area contributed by atoms with Crippen LogP contribution in [0.5, 0.6) is 0 Å². The molecule has 0 radical (unpaired) electrons. The first kappa shape index (κ1) is 36.5. The fourth-order valence-electron chi connectivity index (χ4n) is 10.2. The summed E-state index contributed by atoms with van der Waals surface area (Å²) in [6.45, 7) is 11.6. The van der Waals surface area contributed by atoms with Gasteiger partial charge in [0.2, 0.25) is 0 Å². The topological polar surface area (TPSA) is 30.2 Å². The van der Waals surface area contributed by atoms with Crippen LogP contribution >= 0.6 is 0 Å². The van der Waals surface area contributed by atoms with Crippen molar-refractivity contribution in [3.63, 3.8) is 0 Å². The molecule has 0 bridgehead atoms. The molecule has 0 atom stereocenters. The molecule has 0 saturated heterocycles. The minimum Gasteiger partial charge on any atom is -0.308 e. The molecule has 0 fully saturated rings. The van der Waals surface area contributed by atoms with Gasteiger partial charge in [0.1, 0.15) is 0 Å². The van der Waals surface area contributed by atoms with Crippen LogP contribution in [0.15, 0.2) is 182 Å². The molecule has 8 aromatic carbocycles. The van der Waals surface area contributed by atoms with E-state index in [2.05, 4.69) is 197 Å². The molecule has 1 aliphatic carbocycles. The molecular weight excluding hydrogens is 751 g/mol. The van der Waals surface area contributed by atoms with Gasteiger partial charge in [-0.1, -0.05) is 180 Å². The predicted molar refractivity (Wildman–Crippen MR) is 260 cm³/mol. The number of hydrogen-bond donors (Lipinski definition) is 0. The average molecular weight is 796 g/mol. The normalized spacial score (nSPS) is 13.4. The molecule has 0 spiro atoms. The zero-order valence-corrected chi connectivity index (χ0v) is 35.7. The van der Waals surface area contributed by atoms with Crippen molar-refractivity contribution in [1.82, 2.24) is 14.4 Å². The van der Waals surface area contributed by atoms with E-state index in [0.717, 1.165) is 33.9 Å². The maximum atomic E-state index is 5.18. The molecule has 296 valence electrons. The Balaban J connectivity index is 0.958. The average Bonchev–Trinajstić information content (AvgIpc) is 3.90. The molecule has 11 aromatic rings. The summed E-state index contributed by atoms with van der Waals surface area (Å²) in [5.41, 5.74) is 20.2. The third kappa shape index (κ3) is 5.58. The molecule has 12 rings (SSSR count). The summed E-state index contributed by atoms with van der Waals surface area (Å²) in [5.74, 6) is 0.725. The maximum absolute atomic E-state index is 5.18. The zero-order valence-electron chi connectivity index (χ0n) is 35.7. The molecule has 1 aliphatic rings. The molecular formula is C59H45N3. The summed E-state index contributed by atoms with van der Waals surface area (Å²) in [5, 5.41) is 5.23. The van der Waals surface area contributed by atoms with Crippen LogP contribution in [0.3, 0.4) is 0 Å². The first-order chi connectivity index (χ1) is 30.1. The first-order valence-electron chi connectivity index (χ1n) is 21.7. The number of benzene rings is 8. The SMILES string of the molecule is CC(C)(C)c1ccc2c3cccc4c5ccc(-c6cccc(-c7ccc8c(c7)-c7cc(-c9cc(-c%10ccccc%10)nc(-c%10ccccc%10)n9)ccc7C8(C)C)c6)cc5n(c2c1)c43. The summed E-state index contributed by atoms with van der Waals surface area (Å²) in [6, 6.07) is 66.7. The molecule has 3 nitrogen and oxygen atoms in total. The van der Waals surface area contributed by atoms with Crippen LogP contribution in [-0.4, -0.2) is 14.4 Å². The Kier molecular flexibility index (Phi) is 7.84. The fraction of sp³-hybridized carbons (Fsp3) is 0.119. The lowest BCUT2D eigenvalue weighted by molar-refractivity contribution is 0.591. The Bertz CT molecular complexity index is 3510. The van der Waals surface area contributed by atoms with Crippen molar-refractivity contribution in [2.45, 2.75) is 45.4 Å². The van der Waals surface area contributed by atoms with E-state index >= 15 is 0 Å². The molecule has 0 unspecified atom stereocenters. The number of nitrogens with zero attached hydrogens (tertiary/aromatic N) is 3. The van der Waals surface area contributed by atoms with E-state index < -0.39 is 0 Å². The van der Waals surface area contributed by atoms with Crippen LogP contribution in [0.4, 0.5) is 0 Å². The highest BCUT2D eigenvalue weighted by molar-refractivity contribution is 6.23.